The molecule has 5 heteroatoms. The lowest BCUT2D eigenvalue weighted by Gasteiger charge is -2.21. The van der Waals surface area contributed by atoms with E-state index in [2.05, 4.69) is 0 Å². The van der Waals surface area contributed by atoms with E-state index < -0.39 is 11.5 Å². The van der Waals surface area contributed by atoms with Crippen molar-refractivity contribution in [3.8, 4) is 0 Å². The fraction of sp³-hybridized carbons (Fsp3) is 1.00. The first kappa shape index (κ1) is 10.8. The van der Waals surface area contributed by atoms with Gasteiger partial charge in [0.25, 0.3) is 0 Å². The highest BCUT2D eigenvalue weighted by molar-refractivity contribution is 8.63. The van der Waals surface area contributed by atoms with Crippen LogP contribution in [0.15, 0.2) is 0 Å². The van der Waals surface area contributed by atoms with Crippen LogP contribution in [0.5, 0.6) is 0 Å². The van der Waals surface area contributed by atoms with Crippen molar-refractivity contribution in [2.24, 2.45) is 0 Å². The van der Waals surface area contributed by atoms with Gasteiger partial charge in [0, 0.05) is 0 Å². The van der Waals surface area contributed by atoms with Gasteiger partial charge in [0.05, 0.1) is 5.60 Å². The van der Waals surface area contributed by atoms with Crippen molar-refractivity contribution >= 4 is 28.5 Å². The first-order valence-electron chi connectivity index (χ1n) is 2.83. The van der Waals surface area contributed by atoms with Crippen molar-refractivity contribution in [3.05, 3.63) is 0 Å². The van der Waals surface area contributed by atoms with Crippen molar-refractivity contribution in [1.29, 1.82) is 0 Å². The molecule has 0 fully saturated rings. The molecule has 0 aliphatic heterocycles. The standard InChI is InChI=1S/C5H12ClO2PS/c1-5(2,3)8-9(6,7)10-4/h1-4H3. The van der Waals surface area contributed by atoms with E-state index in [0.717, 1.165) is 11.4 Å². The van der Waals surface area contributed by atoms with Gasteiger partial charge >= 0.3 is 5.92 Å². The van der Waals surface area contributed by atoms with Gasteiger partial charge < -0.3 is 4.52 Å². The van der Waals surface area contributed by atoms with Gasteiger partial charge in [-0.25, -0.2) is 0 Å². The van der Waals surface area contributed by atoms with E-state index in [0.29, 0.717) is 0 Å². The SMILES string of the molecule is CSP(=O)(Cl)OC(C)(C)C. The van der Waals surface area contributed by atoms with E-state index in [-0.39, 0.29) is 0 Å². The Morgan fingerprint density at radius 2 is 1.90 bits per heavy atom. The van der Waals surface area contributed by atoms with Crippen LogP contribution >= 0.6 is 28.5 Å². The third-order valence-electron chi connectivity index (χ3n) is 0.601. The van der Waals surface area contributed by atoms with E-state index >= 15 is 0 Å². The molecule has 0 aliphatic carbocycles. The van der Waals surface area contributed by atoms with Crippen LogP contribution in [0.3, 0.4) is 0 Å². The molecule has 0 rings (SSSR count). The monoisotopic (exact) mass is 202 g/mol. The normalized spacial score (nSPS) is 18.5. The minimum absolute atomic E-state index is 0.430. The Labute approximate surface area is 70.7 Å². The van der Waals surface area contributed by atoms with Gasteiger partial charge in [-0.15, -0.1) is 0 Å². The number of hydrogen-bond acceptors (Lipinski definition) is 3. The molecule has 0 aliphatic rings. The highest BCUT2D eigenvalue weighted by atomic mass is 35.7. The minimum atomic E-state index is -2.91. The zero-order valence-electron chi connectivity index (χ0n) is 6.55. The Morgan fingerprint density at radius 1 is 1.50 bits per heavy atom. The summed E-state index contributed by atoms with van der Waals surface area (Å²) < 4.78 is 16.2. The molecular weight excluding hydrogens is 191 g/mol. The third-order valence-corrected chi connectivity index (χ3v) is 4.78. The lowest BCUT2D eigenvalue weighted by molar-refractivity contribution is 0.146. The molecule has 0 saturated heterocycles. The van der Waals surface area contributed by atoms with Crippen LogP contribution < -0.4 is 0 Å². The predicted octanol–water partition coefficient (Wildman–Crippen LogP) is 3.51. The average molecular weight is 203 g/mol. The number of rotatable bonds is 2. The molecule has 0 bridgehead atoms. The lowest BCUT2D eigenvalue weighted by Crippen LogP contribution is -2.15. The lowest BCUT2D eigenvalue weighted by atomic mass is 10.2. The zero-order valence-corrected chi connectivity index (χ0v) is 9.02. The van der Waals surface area contributed by atoms with Crippen LogP contribution in [0, 0.1) is 0 Å². The highest BCUT2D eigenvalue weighted by Gasteiger charge is 2.25. The molecule has 0 N–H and O–H groups in total. The molecule has 0 heterocycles. The van der Waals surface area contributed by atoms with Crippen LogP contribution in [-0.4, -0.2) is 11.9 Å². The molecule has 2 nitrogen and oxygen atoms in total. The topological polar surface area (TPSA) is 26.3 Å². The summed E-state index contributed by atoms with van der Waals surface area (Å²) in [5, 5.41) is 0. The second-order valence-corrected chi connectivity index (χ2v) is 8.70. The summed E-state index contributed by atoms with van der Waals surface area (Å²) in [5.41, 5.74) is -0.430. The van der Waals surface area contributed by atoms with Gasteiger partial charge in [0.15, 0.2) is 0 Å². The molecule has 0 aromatic heterocycles. The molecule has 0 aromatic carbocycles. The van der Waals surface area contributed by atoms with Gasteiger partial charge in [-0.1, -0.05) is 11.4 Å². The van der Waals surface area contributed by atoms with Crippen LogP contribution in [0.2, 0.25) is 0 Å². The van der Waals surface area contributed by atoms with Gasteiger partial charge in [-0.3, -0.25) is 4.57 Å². The Morgan fingerprint density at radius 3 is 2.00 bits per heavy atom. The molecule has 0 aromatic rings. The van der Waals surface area contributed by atoms with Crippen LogP contribution in [-0.2, 0) is 9.09 Å². The number of hydrogen-bond donors (Lipinski definition) is 0. The molecule has 10 heavy (non-hydrogen) atoms. The van der Waals surface area contributed by atoms with Crippen molar-refractivity contribution < 1.29 is 9.09 Å². The average Bonchev–Trinajstić information content (AvgIpc) is 1.60. The van der Waals surface area contributed by atoms with Crippen LogP contribution in [0.4, 0.5) is 0 Å². The van der Waals surface area contributed by atoms with Crippen LogP contribution in [0.1, 0.15) is 20.8 Å². The zero-order chi connectivity index (χ0) is 8.41. The number of halogens is 1. The van der Waals surface area contributed by atoms with Crippen molar-refractivity contribution in [3.63, 3.8) is 0 Å². The summed E-state index contributed by atoms with van der Waals surface area (Å²) in [5.74, 6) is -2.91. The highest BCUT2D eigenvalue weighted by Crippen LogP contribution is 2.64. The van der Waals surface area contributed by atoms with Crippen molar-refractivity contribution in [2.75, 3.05) is 6.26 Å². The first-order valence-corrected chi connectivity index (χ1v) is 7.19. The second-order valence-electron chi connectivity index (χ2n) is 2.82. The van der Waals surface area contributed by atoms with Gasteiger partial charge in [0.2, 0.25) is 0 Å². The molecule has 0 amide bonds. The van der Waals surface area contributed by atoms with E-state index in [4.69, 9.17) is 15.8 Å². The summed E-state index contributed by atoms with van der Waals surface area (Å²) in [6.07, 6.45) is 1.67. The predicted molar refractivity (Wildman–Crippen MR) is 47.8 cm³/mol. The van der Waals surface area contributed by atoms with Crippen molar-refractivity contribution in [2.45, 2.75) is 26.4 Å². The summed E-state index contributed by atoms with van der Waals surface area (Å²) in [6, 6.07) is 0. The first-order chi connectivity index (χ1) is 4.27. The summed E-state index contributed by atoms with van der Waals surface area (Å²) in [4.78, 5) is 0. The Hall–Kier alpha value is 0.830. The van der Waals surface area contributed by atoms with Crippen LogP contribution in [0.25, 0.3) is 0 Å². The van der Waals surface area contributed by atoms with Gasteiger partial charge in [0.1, 0.15) is 0 Å². The maximum atomic E-state index is 11.1. The van der Waals surface area contributed by atoms with Crippen molar-refractivity contribution in [1.82, 2.24) is 0 Å². The fourth-order valence-corrected chi connectivity index (χ4v) is 2.61. The molecule has 0 radical (unpaired) electrons. The summed E-state index contributed by atoms with van der Waals surface area (Å²) >= 11 is 6.55. The molecule has 0 spiro atoms. The maximum Gasteiger partial charge on any atom is 0.346 e. The maximum absolute atomic E-state index is 11.1. The minimum Gasteiger partial charge on any atom is -0.304 e. The van der Waals surface area contributed by atoms with Gasteiger partial charge in [-0.05, 0) is 38.3 Å². The molecule has 1 unspecified atom stereocenters. The summed E-state index contributed by atoms with van der Waals surface area (Å²) in [6.45, 7) is 5.45. The van der Waals surface area contributed by atoms with E-state index in [1.54, 1.807) is 6.26 Å². The fourth-order valence-electron chi connectivity index (χ4n) is 0.364. The smallest absolute Gasteiger partial charge is 0.304 e. The van der Waals surface area contributed by atoms with E-state index in [1.165, 1.54) is 0 Å². The van der Waals surface area contributed by atoms with E-state index in [9.17, 15) is 4.57 Å². The molecular formula is C5H12ClO2PS. The quantitative estimate of drug-likeness (QED) is 0.641. The Bertz CT molecular complexity index is 154. The third kappa shape index (κ3) is 5.60. The Kier molecular flexibility index (Phi) is 3.77. The molecule has 1 atom stereocenters. The largest absolute Gasteiger partial charge is 0.346 e. The van der Waals surface area contributed by atoms with E-state index in [1.807, 2.05) is 20.8 Å². The Balaban J connectivity index is 4.03. The second kappa shape index (κ2) is 3.48. The van der Waals surface area contributed by atoms with Gasteiger partial charge in [-0.2, -0.15) is 0 Å². The molecule has 62 valence electrons. The molecule has 0 saturated carbocycles. The summed E-state index contributed by atoms with van der Waals surface area (Å²) in [7, 11) is 0.